The number of allylic oxidation sites excluding steroid dienone is 1. The second-order valence-electron chi connectivity index (χ2n) is 5.19. The summed E-state index contributed by atoms with van der Waals surface area (Å²) in [6.07, 6.45) is 3.62. The summed E-state index contributed by atoms with van der Waals surface area (Å²) in [7, 11) is 0. The van der Waals surface area contributed by atoms with E-state index in [1.807, 2.05) is 60.8 Å². The van der Waals surface area contributed by atoms with Crippen LogP contribution in [0, 0.1) is 11.3 Å². The van der Waals surface area contributed by atoms with Gasteiger partial charge < -0.3 is 4.84 Å². The summed E-state index contributed by atoms with van der Waals surface area (Å²) >= 11 is 5.90. The van der Waals surface area contributed by atoms with E-state index in [1.54, 1.807) is 22.9 Å². The number of aromatic nitrogens is 1. The molecule has 3 aromatic rings. The third-order valence-corrected chi connectivity index (χ3v) is 3.78. The van der Waals surface area contributed by atoms with E-state index in [0.29, 0.717) is 17.2 Å². The van der Waals surface area contributed by atoms with Gasteiger partial charge in [0.15, 0.2) is 0 Å². The molecule has 0 saturated carbocycles. The Hall–Kier alpha value is -2.96. The van der Waals surface area contributed by atoms with Crippen molar-refractivity contribution in [2.45, 2.75) is 6.61 Å². The maximum absolute atomic E-state index is 9.45. The first-order valence-corrected chi connectivity index (χ1v) is 7.86. The zero-order valence-electron chi connectivity index (χ0n) is 12.9. The first-order chi connectivity index (χ1) is 11.8. The smallest absolute Gasteiger partial charge is 0.140 e. The van der Waals surface area contributed by atoms with Crippen LogP contribution in [-0.2, 0) is 6.61 Å². The molecule has 0 aliphatic carbocycles. The Morgan fingerprint density at radius 3 is 2.50 bits per heavy atom. The predicted octanol–water partition coefficient (Wildman–Crippen LogP) is 4.83. The highest BCUT2D eigenvalue weighted by molar-refractivity contribution is 6.30. The topological polar surface area (TPSA) is 38.0 Å². The maximum Gasteiger partial charge on any atom is 0.140 e. The molecule has 0 N–H and O–H groups in total. The van der Waals surface area contributed by atoms with Gasteiger partial charge in [0.2, 0.25) is 0 Å². The van der Waals surface area contributed by atoms with Crippen molar-refractivity contribution in [1.82, 2.24) is 4.73 Å². The lowest BCUT2D eigenvalue weighted by Crippen LogP contribution is -2.11. The van der Waals surface area contributed by atoms with E-state index in [9.17, 15) is 5.26 Å². The minimum Gasteiger partial charge on any atom is -0.409 e. The van der Waals surface area contributed by atoms with E-state index in [-0.39, 0.29) is 0 Å². The Labute approximate surface area is 145 Å². The van der Waals surface area contributed by atoms with Crippen LogP contribution in [0.1, 0.15) is 16.8 Å². The van der Waals surface area contributed by atoms with Gasteiger partial charge >= 0.3 is 0 Å². The molecule has 24 heavy (non-hydrogen) atoms. The third-order valence-electron chi connectivity index (χ3n) is 3.52. The quantitative estimate of drug-likeness (QED) is 0.626. The van der Waals surface area contributed by atoms with E-state index in [1.165, 1.54) is 0 Å². The summed E-state index contributed by atoms with van der Waals surface area (Å²) in [5.41, 5.74) is 3.25. The van der Waals surface area contributed by atoms with Crippen molar-refractivity contribution in [2.24, 2.45) is 0 Å². The summed E-state index contributed by atoms with van der Waals surface area (Å²) in [5.74, 6) is 0. The fourth-order valence-corrected chi connectivity index (χ4v) is 2.41. The van der Waals surface area contributed by atoms with Crippen LogP contribution in [-0.4, -0.2) is 4.73 Å². The van der Waals surface area contributed by atoms with E-state index >= 15 is 0 Å². The molecule has 3 rings (SSSR count). The molecular weight excluding hydrogens is 320 g/mol. The maximum atomic E-state index is 9.45. The molecule has 0 spiro atoms. The van der Waals surface area contributed by atoms with E-state index in [0.717, 1.165) is 16.8 Å². The summed E-state index contributed by atoms with van der Waals surface area (Å²) in [6.45, 7) is 0.458. The van der Waals surface area contributed by atoms with Crippen molar-refractivity contribution in [1.29, 1.82) is 5.26 Å². The van der Waals surface area contributed by atoms with Crippen molar-refractivity contribution >= 4 is 23.3 Å². The van der Waals surface area contributed by atoms with Crippen molar-refractivity contribution < 1.29 is 4.84 Å². The van der Waals surface area contributed by atoms with Gasteiger partial charge in [-0.1, -0.05) is 54.1 Å². The predicted molar refractivity (Wildman–Crippen MR) is 96.1 cm³/mol. The van der Waals surface area contributed by atoms with Gasteiger partial charge in [0.1, 0.15) is 6.61 Å². The summed E-state index contributed by atoms with van der Waals surface area (Å²) in [6, 6.07) is 23.1. The number of nitrogens with zero attached hydrogens (tertiary/aromatic N) is 2. The second kappa shape index (κ2) is 7.54. The van der Waals surface area contributed by atoms with Crippen LogP contribution in [0.5, 0.6) is 0 Å². The lowest BCUT2D eigenvalue weighted by atomic mass is 10.1. The average molecular weight is 335 g/mol. The Bertz CT molecular complexity index is 874. The molecule has 0 atom stereocenters. The molecule has 0 unspecified atom stereocenters. The normalized spacial score (nSPS) is 11.1. The molecule has 0 aliphatic heterocycles. The van der Waals surface area contributed by atoms with Crippen LogP contribution in [0.3, 0.4) is 0 Å². The molecule has 0 amide bonds. The fraction of sp³-hybridized carbons (Fsp3) is 0.0500. The molecule has 1 heterocycles. The summed E-state index contributed by atoms with van der Waals surface area (Å²) < 4.78 is 1.67. The summed E-state index contributed by atoms with van der Waals surface area (Å²) in [4.78, 5) is 5.81. The highest BCUT2D eigenvalue weighted by atomic mass is 35.5. The number of rotatable bonds is 5. The lowest BCUT2D eigenvalue weighted by Gasteiger charge is -2.09. The standard InChI is InChI=1S/C20H15ClN2O/c21-19-10-8-17(9-11-19)18(14-22)13-20-7-4-12-23(20)24-15-16-5-2-1-3-6-16/h1-13H,15H2/b18-13+. The van der Waals surface area contributed by atoms with Crippen LogP contribution >= 0.6 is 11.6 Å². The Morgan fingerprint density at radius 2 is 1.79 bits per heavy atom. The van der Waals surface area contributed by atoms with Gasteiger partial charge in [-0.15, -0.1) is 0 Å². The molecule has 1 aromatic heterocycles. The first kappa shape index (κ1) is 15.9. The highest BCUT2D eigenvalue weighted by Gasteiger charge is 2.05. The second-order valence-corrected chi connectivity index (χ2v) is 5.63. The third kappa shape index (κ3) is 3.87. The molecular formula is C20H15ClN2O. The van der Waals surface area contributed by atoms with Crippen molar-refractivity contribution in [2.75, 3.05) is 0 Å². The average Bonchev–Trinajstić information content (AvgIpc) is 3.07. The molecule has 2 aromatic carbocycles. The Morgan fingerprint density at radius 1 is 1.04 bits per heavy atom. The minimum atomic E-state index is 0.458. The molecule has 4 heteroatoms. The zero-order valence-corrected chi connectivity index (χ0v) is 13.6. The zero-order chi connectivity index (χ0) is 16.8. The monoisotopic (exact) mass is 334 g/mol. The summed E-state index contributed by atoms with van der Waals surface area (Å²) in [5, 5.41) is 10.1. The molecule has 0 aliphatic rings. The van der Waals surface area contributed by atoms with Crippen LogP contribution in [0.4, 0.5) is 0 Å². The molecule has 0 fully saturated rings. The molecule has 118 valence electrons. The number of hydrogen-bond donors (Lipinski definition) is 0. The van der Waals surface area contributed by atoms with Crippen LogP contribution in [0.15, 0.2) is 72.9 Å². The van der Waals surface area contributed by atoms with Crippen molar-refractivity contribution in [3.8, 4) is 6.07 Å². The number of halogens is 1. The molecule has 3 nitrogen and oxygen atoms in total. The lowest BCUT2D eigenvalue weighted by molar-refractivity contribution is 0.0967. The SMILES string of the molecule is N#C/C(=C\c1cccn1OCc1ccccc1)c1ccc(Cl)cc1. The van der Waals surface area contributed by atoms with E-state index < -0.39 is 0 Å². The fourth-order valence-electron chi connectivity index (χ4n) is 2.28. The molecule has 0 saturated heterocycles. The van der Waals surface area contributed by atoms with Gasteiger partial charge in [0.05, 0.1) is 17.3 Å². The van der Waals surface area contributed by atoms with Crippen molar-refractivity contribution in [3.63, 3.8) is 0 Å². The largest absolute Gasteiger partial charge is 0.409 e. The van der Waals surface area contributed by atoms with Crippen LogP contribution in [0.2, 0.25) is 5.02 Å². The van der Waals surface area contributed by atoms with E-state index in [2.05, 4.69) is 6.07 Å². The van der Waals surface area contributed by atoms with Gasteiger partial charge in [-0.25, -0.2) is 0 Å². The van der Waals surface area contributed by atoms with Gasteiger partial charge in [-0.2, -0.15) is 9.99 Å². The van der Waals surface area contributed by atoms with E-state index in [4.69, 9.17) is 16.4 Å². The van der Waals surface area contributed by atoms with Crippen molar-refractivity contribution in [3.05, 3.63) is 94.8 Å². The van der Waals surface area contributed by atoms with Gasteiger partial charge in [0, 0.05) is 11.2 Å². The molecule has 0 radical (unpaired) electrons. The number of benzene rings is 2. The van der Waals surface area contributed by atoms with Gasteiger partial charge in [0.25, 0.3) is 0 Å². The van der Waals surface area contributed by atoms with Gasteiger partial charge in [-0.05, 0) is 41.5 Å². The highest BCUT2D eigenvalue weighted by Crippen LogP contribution is 2.20. The first-order valence-electron chi connectivity index (χ1n) is 7.48. The van der Waals surface area contributed by atoms with Crippen LogP contribution < -0.4 is 4.84 Å². The Kier molecular flexibility index (Phi) is 5.00. The number of hydrogen-bond acceptors (Lipinski definition) is 2. The molecule has 0 bridgehead atoms. The minimum absolute atomic E-state index is 0.458. The number of nitriles is 1. The van der Waals surface area contributed by atoms with Gasteiger partial charge in [-0.3, -0.25) is 0 Å². The van der Waals surface area contributed by atoms with Crippen LogP contribution in [0.25, 0.3) is 11.6 Å². The Balaban J connectivity index is 1.81.